The van der Waals surface area contributed by atoms with Gasteiger partial charge in [0.05, 0.1) is 0 Å². The average Bonchev–Trinajstić information content (AvgIpc) is 2.93. The molecule has 1 aromatic heterocycles. The molecule has 0 unspecified atom stereocenters. The van der Waals surface area contributed by atoms with Crippen LogP contribution in [0.25, 0.3) is 0 Å². The molecule has 0 saturated carbocycles. The molecule has 0 aromatic carbocycles. The molecule has 2 aliphatic heterocycles. The summed E-state index contributed by atoms with van der Waals surface area (Å²) in [4.78, 5) is 7.09. The van der Waals surface area contributed by atoms with Crippen molar-refractivity contribution in [1.29, 1.82) is 0 Å². The van der Waals surface area contributed by atoms with E-state index in [1.807, 2.05) is 0 Å². The van der Waals surface area contributed by atoms with Gasteiger partial charge in [-0.25, -0.2) is 4.98 Å². The molecule has 0 radical (unpaired) electrons. The maximum absolute atomic E-state index is 4.68. The van der Waals surface area contributed by atoms with Crippen LogP contribution < -0.4 is 10.2 Å². The van der Waals surface area contributed by atoms with Gasteiger partial charge in [0, 0.05) is 25.3 Å². The third-order valence-electron chi connectivity index (χ3n) is 4.25. The molecule has 1 atom stereocenters. The molecule has 3 rings (SSSR count). The molecule has 3 heterocycles. The highest BCUT2D eigenvalue weighted by atomic mass is 15.2. The third-order valence-corrected chi connectivity index (χ3v) is 4.25. The summed E-state index contributed by atoms with van der Waals surface area (Å²) in [5.41, 5.74) is 2.80. The van der Waals surface area contributed by atoms with E-state index < -0.39 is 0 Å². The van der Waals surface area contributed by atoms with Crippen molar-refractivity contribution in [2.45, 2.75) is 45.1 Å². The van der Waals surface area contributed by atoms with Crippen molar-refractivity contribution in [2.24, 2.45) is 0 Å². The largest absolute Gasteiger partial charge is 0.357 e. The van der Waals surface area contributed by atoms with E-state index in [0.717, 1.165) is 6.54 Å². The van der Waals surface area contributed by atoms with Gasteiger partial charge in [0.25, 0.3) is 0 Å². The molecule has 0 bridgehead atoms. The highest BCUT2D eigenvalue weighted by molar-refractivity contribution is 5.44. The Labute approximate surface area is 110 Å². The van der Waals surface area contributed by atoms with E-state index in [1.54, 1.807) is 0 Å². The van der Waals surface area contributed by atoms with Gasteiger partial charge in [0.2, 0.25) is 0 Å². The zero-order chi connectivity index (χ0) is 12.4. The molecule has 1 aromatic rings. The standard InChI is InChI=1S/C15H23N3/c1-12-10-15(18-8-4-5-9-18)17-11-13(12)14-6-2-3-7-16-14/h10-11,14,16H,2-9H2,1H3/t14-/m0/s1. The Hall–Kier alpha value is -1.09. The first-order valence-electron chi connectivity index (χ1n) is 7.29. The minimum atomic E-state index is 0.527. The molecule has 3 nitrogen and oxygen atoms in total. The second kappa shape index (κ2) is 5.27. The van der Waals surface area contributed by atoms with Crippen LogP contribution in [0.1, 0.15) is 49.3 Å². The number of piperidine rings is 1. The Kier molecular flexibility index (Phi) is 3.50. The van der Waals surface area contributed by atoms with Crippen molar-refractivity contribution in [3.63, 3.8) is 0 Å². The molecular weight excluding hydrogens is 222 g/mol. The maximum Gasteiger partial charge on any atom is 0.128 e. The summed E-state index contributed by atoms with van der Waals surface area (Å²) in [6.45, 7) is 5.73. The van der Waals surface area contributed by atoms with E-state index in [2.05, 4.69) is 34.4 Å². The van der Waals surface area contributed by atoms with Gasteiger partial charge >= 0.3 is 0 Å². The van der Waals surface area contributed by atoms with Crippen LogP contribution in [0.3, 0.4) is 0 Å². The Morgan fingerprint density at radius 1 is 1.22 bits per heavy atom. The van der Waals surface area contributed by atoms with Gasteiger partial charge in [0.1, 0.15) is 5.82 Å². The number of aromatic nitrogens is 1. The van der Waals surface area contributed by atoms with E-state index in [4.69, 9.17) is 0 Å². The van der Waals surface area contributed by atoms with E-state index >= 15 is 0 Å². The summed E-state index contributed by atoms with van der Waals surface area (Å²) in [5, 5.41) is 3.61. The van der Waals surface area contributed by atoms with E-state index in [9.17, 15) is 0 Å². The van der Waals surface area contributed by atoms with Gasteiger partial charge < -0.3 is 10.2 Å². The molecular formula is C15H23N3. The topological polar surface area (TPSA) is 28.2 Å². The fourth-order valence-corrected chi connectivity index (χ4v) is 3.15. The number of rotatable bonds is 2. The first kappa shape index (κ1) is 12.0. The molecule has 3 heteroatoms. The highest BCUT2D eigenvalue weighted by Gasteiger charge is 2.19. The number of nitrogens with zero attached hydrogens (tertiary/aromatic N) is 2. The van der Waals surface area contributed by atoms with E-state index in [1.165, 1.54) is 62.1 Å². The fraction of sp³-hybridized carbons (Fsp3) is 0.667. The molecule has 18 heavy (non-hydrogen) atoms. The minimum Gasteiger partial charge on any atom is -0.357 e. The Morgan fingerprint density at radius 2 is 2.06 bits per heavy atom. The number of anilines is 1. The van der Waals surface area contributed by atoms with Gasteiger partial charge in [0.15, 0.2) is 0 Å². The normalized spacial score (nSPS) is 24.5. The lowest BCUT2D eigenvalue weighted by molar-refractivity contribution is 0.410. The number of aryl methyl sites for hydroxylation is 1. The quantitative estimate of drug-likeness (QED) is 0.868. The first-order valence-corrected chi connectivity index (χ1v) is 7.29. The molecule has 98 valence electrons. The van der Waals surface area contributed by atoms with Gasteiger partial charge in [-0.1, -0.05) is 6.42 Å². The summed E-state index contributed by atoms with van der Waals surface area (Å²) in [6, 6.07) is 2.80. The second-order valence-corrected chi connectivity index (χ2v) is 5.60. The second-order valence-electron chi connectivity index (χ2n) is 5.60. The molecule has 0 spiro atoms. The maximum atomic E-state index is 4.68. The third kappa shape index (κ3) is 2.37. The number of pyridine rings is 1. The zero-order valence-corrected chi connectivity index (χ0v) is 11.3. The Balaban J connectivity index is 1.79. The van der Waals surface area contributed by atoms with E-state index in [0.29, 0.717) is 6.04 Å². The van der Waals surface area contributed by atoms with Gasteiger partial charge in [-0.2, -0.15) is 0 Å². The predicted octanol–water partition coefficient (Wildman–Crippen LogP) is 2.80. The lowest BCUT2D eigenvalue weighted by Crippen LogP contribution is -2.27. The van der Waals surface area contributed by atoms with Gasteiger partial charge in [-0.15, -0.1) is 0 Å². The lowest BCUT2D eigenvalue weighted by Gasteiger charge is -2.26. The SMILES string of the molecule is Cc1cc(N2CCCC2)ncc1[C@@H]1CCCCN1. The van der Waals surface area contributed by atoms with Crippen molar-refractivity contribution in [1.82, 2.24) is 10.3 Å². The van der Waals surface area contributed by atoms with Crippen molar-refractivity contribution in [3.05, 3.63) is 23.4 Å². The van der Waals surface area contributed by atoms with Crippen LogP contribution >= 0.6 is 0 Å². The molecule has 2 aliphatic rings. The summed E-state index contributed by atoms with van der Waals surface area (Å²) >= 11 is 0. The lowest BCUT2D eigenvalue weighted by atomic mass is 9.96. The molecule has 1 N–H and O–H groups in total. The smallest absolute Gasteiger partial charge is 0.128 e. The van der Waals surface area contributed by atoms with Gasteiger partial charge in [-0.3, -0.25) is 0 Å². The molecule has 0 amide bonds. The summed E-state index contributed by atoms with van der Waals surface area (Å²) in [6.07, 6.45) is 8.64. The van der Waals surface area contributed by atoms with Crippen molar-refractivity contribution < 1.29 is 0 Å². The van der Waals surface area contributed by atoms with Crippen molar-refractivity contribution in [2.75, 3.05) is 24.5 Å². The van der Waals surface area contributed by atoms with Gasteiger partial charge in [-0.05, 0) is 56.3 Å². The minimum absolute atomic E-state index is 0.527. The molecule has 0 aliphatic carbocycles. The van der Waals surface area contributed by atoms with Crippen LogP contribution in [0.5, 0.6) is 0 Å². The average molecular weight is 245 g/mol. The van der Waals surface area contributed by atoms with Crippen LogP contribution in [0.15, 0.2) is 12.3 Å². The number of nitrogens with one attached hydrogen (secondary N) is 1. The molecule has 2 fully saturated rings. The van der Waals surface area contributed by atoms with Crippen LogP contribution in [0.4, 0.5) is 5.82 Å². The number of hydrogen-bond acceptors (Lipinski definition) is 3. The zero-order valence-electron chi connectivity index (χ0n) is 11.3. The predicted molar refractivity (Wildman–Crippen MR) is 75.0 cm³/mol. The van der Waals surface area contributed by atoms with E-state index in [-0.39, 0.29) is 0 Å². The summed E-state index contributed by atoms with van der Waals surface area (Å²) < 4.78 is 0. The van der Waals surface area contributed by atoms with Crippen LogP contribution in [-0.2, 0) is 0 Å². The Bertz CT molecular complexity index is 404. The summed E-state index contributed by atoms with van der Waals surface area (Å²) in [7, 11) is 0. The first-order chi connectivity index (χ1) is 8.84. The van der Waals surface area contributed by atoms with Crippen molar-refractivity contribution in [3.8, 4) is 0 Å². The summed E-state index contributed by atoms with van der Waals surface area (Å²) in [5.74, 6) is 1.17. The van der Waals surface area contributed by atoms with Crippen LogP contribution in [0, 0.1) is 6.92 Å². The number of hydrogen-bond donors (Lipinski definition) is 1. The van der Waals surface area contributed by atoms with Crippen LogP contribution in [-0.4, -0.2) is 24.6 Å². The highest BCUT2D eigenvalue weighted by Crippen LogP contribution is 2.27. The monoisotopic (exact) mass is 245 g/mol. The fourth-order valence-electron chi connectivity index (χ4n) is 3.15. The Morgan fingerprint density at radius 3 is 2.72 bits per heavy atom. The molecule has 2 saturated heterocycles. The van der Waals surface area contributed by atoms with Crippen molar-refractivity contribution >= 4 is 5.82 Å². The van der Waals surface area contributed by atoms with Crippen LogP contribution in [0.2, 0.25) is 0 Å².